The predicted octanol–water partition coefficient (Wildman–Crippen LogP) is 2.57. The van der Waals surface area contributed by atoms with E-state index in [1.807, 2.05) is 0 Å². The quantitative estimate of drug-likeness (QED) is 0.802. The lowest BCUT2D eigenvalue weighted by Gasteiger charge is -2.17. The summed E-state index contributed by atoms with van der Waals surface area (Å²) in [5, 5.41) is 0. The molecule has 0 bridgehead atoms. The van der Waals surface area contributed by atoms with E-state index in [-0.39, 0.29) is 12.1 Å². The summed E-state index contributed by atoms with van der Waals surface area (Å²) in [6.45, 7) is 1.40. The van der Waals surface area contributed by atoms with Crippen molar-refractivity contribution in [2.45, 2.75) is 19.3 Å². The molecule has 0 aliphatic heterocycles. The third-order valence-corrected chi connectivity index (χ3v) is 2.05. The van der Waals surface area contributed by atoms with Crippen molar-refractivity contribution < 1.29 is 13.2 Å². The molecule has 0 aliphatic carbocycles. The molecule has 0 aliphatic rings. The Morgan fingerprint density at radius 3 is 2.57 bits per heavy atom. The Balaban J connectivity index is 3.10. The maximum Gasteiger partial charge on any atom is 0.274 e. The van der Waals surface area contributed by atoms with Gasteiger partial charge in [-0.05, 0) is 31.2 Å². The molecule has 0 unspecified atom stereocenters. The van der Waals surface area contributed by atoms with Gasteiger partial charge in [0.1, 0.15) is 5.82 Å². The highest BCUT2D eigenvalue weighted by molar-refractivity contribution is 5.30. The molecule has 1 rings (SSSR count). The molecule has 0 amide bonds. The van der Waals surface area contributed by atoms with Crippen LogP contribution >= 0.6 is 0 Å². The second kappa shape index (κ2) is 4.00. The van der Waals surface area contributed by atoms with E-state index in [1.165, 1.54) is 13.0 Å². The van der Waals surface area contributed by atoms with Crippen molar-refractivity contribution >= 4 is 0 Å². The number of halogens is 3. The van der Waals surface area contributed by atoms with Crippen molar-refractivity contribution in [2.24, 2.45) is 5.73 Å². The minimum atomic E-state index is -3.04. The Morgan fingerprint density at radius 1 is 1.36 bits per heavy atom. The SMILES string of the molecule is Cc1ccc(F)cc1C(F)(F)CCN. The number of alkyl halides is 2. The van der Waals surface area contributed by atoms with E-state index in [2.05, 4.69) is 0 Å². The van der Waals surface area contributed by atoms with Gasteiger partial charge in [0.15, 0.2) is 0 Å². The molecule has 0 atom stereocenters. The average molecular weight is 203 g/mol. The molecule has 1 aromatic carbocycles. The first-order valence-electron chi connectivity index (χ1n) is 4.32. The monoisotopic (exact) mass is 203 g/mol. The smallest absolute Gasteiger partial charge is 0.274 e. The first kappa shape index (κ1) is 11.0. The van der Waals surface area contributed by atoms with Crippen molar-refractivity contribution in [3.8, 4) is 0 Å². The Hall–Kier alpha value is -1.03. The topological polar surface area (TPSA) is 26.0 Å². The van der Waals surface area contributed by atoms with Gasteiger partial charge in [-0.2, -0.15) is 0 Å². The molecule has 1 nitrogen and oxygen atoms in total. The molecule has 0 aromatic heterocycles. The summed E-state index contributed by atoms with van der Waals surface area (Å²) in [5.41, 5.74) is 5.17. The van der Waals surface area contributed by atoms with Crippen LogP contribution < -0.4 is 5.73 Å². The van der Waals surface area contributed by atoms with Gasteiger partial charge < -0.3 is 5.73 Å². The summed E-state index contributed by atoms with van der Waals surface area (Å²) in [6.07, 6.45) is -0.461. The fraction of sp³-hybridized carbons (Fsp3) is 0.400. The standard InChI is InChI=1S/C10H12F3N/c1-7-2-3-8(11)6-9(7)10(12,13)4-5-14/h2-3,6H,4-5,14H2,1H3. The van der Waals surface area contributed by atoms with E-state index in [0.717, 1.165) is 12.1 Å². The highest BCUT2D eigenvalue weighted by Crippen LogP contribution is 2.33. The van der Waals surface area contributed by atoms with E-state index < -0.39 is 18.2 Å². The van der Waals surface area contributed by atoms with Crippen LogP contribution in [0.5, 0.6) is 0 Å². The molecular formula is C10H12F3N. The first-order chi connectivity index (χ1) is 6.47. The molecule has 78 valence electrons. The summed E-state index contributed by atoms with van der Waals surface area (Å²) in [7, 11) is 0. The highest BCUT2D eigenvalue weighted by Gasteiger charge is 2.32. The van der Waals surface area contributed by atoms with Crippen LogP contribution in [0.4, 0.5) is 13.2 Å². The van der Waals surface area contributed by atoms with Crippen LogP contribution in [0.2, 0.25) is 0 Å². The second-order valence-corrected chi connectivity index (χ2v) is 3.20. The Kier molecular flexibility index (Phi) is 3.16. The Labute approximate surface area is 80.7 Å². The van der Waals surface area contributed by atoms with Gasteiger partial charge in [0, 0.05) is 12.0 Å². The van der Waals surface area contributed by atoms with Crippen molar-refractivity contribution in [2.75, 3.05) is 6.54 Å². The van der Waals surface area contributed by atoms with Gasteiger partial charge in [0.2, 0.25) is 0 Å². The summed E-state index contributed by atoms with van der Waals surface area (Å²) in [6, 6.07) is 3.37. The van der Waals surface area contributed by atoms with Gasteiger partial charge in [-0.1, -0.05) is 6.07 Å². The fourth-order valence-electron chi connectivity index (χ4n) is 1.30. The highest BCUT2D eigenvalue weighted by atomic mass is 19.3. The molecule has 0 fully saturated rings. The zero-order chi connectivity index (χ0) is 10.8. The van der Waals surface area contributed by atoms with Crippen molar-refractivity contribution in [3.05, 3.63) is 35.1 Å². The minimum Gasteiger partial charge on any atom is -0.330 e. The zero-order valence-electron chi connectivity index (χ0n) is 7.86. The molecule has 14 heavy (non-hydrogen) atoms. The van der Waals surface area contributed by atoms with Gasteiger partial charge in [-0.15, -0.1) is 0 Å². The number of hydrogen-bond donors (Lipinski definition) is 1. The van der Waals surface area contributed by atoms with Crippen LogP contribution in [0.3, 0.4) is 0 Å². The van der Waals surface area contributed by atoms with E-state index in [4.69, 9.17) is 5.73 Å². The molecule has 0 spiro atoms. The summed E-state index contributed by atoms with van der Waals surface area (Å²) in [5.74, 6) is -3.69. The molecule has 0 saturated carbocycles. The third-order valence-electron chi connectivity index (χ3n) is 2.05. The number of hydrogen-bond acceptors (Lipinski definition) is 1. The van der Waals surface area contributed by atoms with E-state index >= 15 is 0 Å². The lowest BCUT2D eigenvalue weighted by molar-refractivity contribution is -0.0116. The van der Waals surface area contributed by atoms with Crippen LogP contribution in [0.15, 0.2) is 18.2 Å². The molecular weight excluding hydrogens is 191 g/mol. The first-order valence-corrected chi connectivity index (χ1v) is 4.32. The molecule has 0 heterocycles. The maximum absolute atomic E-state index is 13.4. The molecule has 0 radical (unpaired) electrons. The molecule has 0 saturated heterocycles. The number of rotatable bonds is 3. The van der Waals surface area contributed by atoms with Crippen LogP contribution in [-0.4, -0.2) is 6.54 Å². The largest absolute Gasteiger partial charge is 0.330 e. The lowest BCUT2D eigenvalue weighted by atomic mass is 10.00. The van der Waals surface area contributed by atoms with Crippen molar-refractivity contribution in [3.63, 3.8) is 0 Å². The second-order valence-electron chi connectivity index (χ2n) is 3.20. The van der Waals surface area contributed by atoms with Crippen molar-refractivity contribution in [1.29, 1.82) is 0 Å². The van der Waals surface area contributed by atoms with Gasteiger partial charge in [-0.3, -0.25) is 0 Å². The Morgan fingerprint density at radius 2 is 2.00 bits per heavy atom. The molecule has 2 N–H and O–H groups in total. The minimum absolute atomic E-state index is 0.122. The number of nitrogens with two attached hydrogens (primary N) is 1. The van der Waals surface area contributed by atoms with Gasteiger partial charge in [-0.25, -0.2) is 13.2 Å². The van der Waals surface area contributed by atoms with Gasteiger partial charge >= 0.3 is 0 Å². The molecule has 4 heteroatoms. The summed E-state index contributed by atoms with van der Waals surface area (Å²) < 4.78 is 39.5. The van der Waals surface area contributed by atoms with Gasteiger partial charge in [0.25, 0.3) is 5.92 Å². The summed E-state index contributed by atoms with van der Waals surface area (Å²) in [4.78, 5) is 0. The predicted molar refractivity (Wildman–Crippen MR) is 48.7 cm³/mol. The summed E-state index contributed by atoms with van der Waals surface area (Å²) >= 11 is 0. The number of benzene rings is 1. The molecule has 1 aromatic rings. The zero-order valence-corrected chi connectivity index (χ0v) is 7.86. The third kappa shape index (κ3) is 2.26. The normalized spacial score (nSPS) is 11.8. The van der Waals surface area contributed by atoms with Crippen molar-refractivity contribution in [1.82, 2.24) is 0 Å². The lowest BCUT2D eigenvalue weighted by Crippen LogP contribution is -2.20. The van der Waals surface area contributed by atoms with Gasteiger partial charge in [0.05, 0.1) is 0 Å². The van der Waals surface area contributed by atoms with Crippen LogP contribution in [0.1, 0.15) is 17.5 Å². The fourth-order valence-corrected chi connectivity index (χ4v) is 1.30. The number of aryl methyl sites for hydroxylation is 1. The maximum atomic E-state index is 13.4. The Bertz CT molecular complexity index is 323. The van der Waals surface area contributed by atoms with Crippen LogP contribution in [-0.2, 0) is 5.92 Å². The van der Waals surface area contributed by atoms with E-state index in [0.29, 0.717) is 5.56 Å². The van der Waals surface area contributed by atoms with Crippen LogP contribution in [0, 0.1) is 12.7 Å². The van der Waals surface area contributed by atoms with E-state index in [1.54, 1.807) is 0 Å². The average Bonchev–Trinajstić information content (AvgIpc) is 2.09. The van der Waals surface area contributed by atoms with Crippen LogP contribution in [0.25, 0.3) is 0 Å². The van der Waals surface area contributed by atoms with E-state index in [9.17, 15) is 13.2 Å².